The summed E-state index contributed by atoms with van der Waals surface area (Å²) in [6.07, 6.45) is 2.25. The summed E-state index contributed by atoms with van der Waals surface area (Å²) in [6, 6.07) is 11.3. The van der Waals surface area contributed by atoms with Crippen LogP contribution in [0.3, 0.4) is 0 Å². The fourth-order valence-corrected chi connectivity index (χ4v) is 2.31. The zero-order chi connectivity index (χ0) is 13.2. The smallest absolute Gasteiger partial charge is 0.179 e. The molecule has 3 aromatic rings. The van der Waals surface area contributed by atoms with Crippen LogP contribution in [0.15, 0.2) is 47.1 Å². The van der Waals surface area contributed by atoms with Crippen LogP contribution in [-0.2, 0) is 0 Å². The average Bonchev–Trinajstić information content (AvgIpc) is 2.46. The van der Waals surface area contributed by atoms with E-state index in [1.54, 1.807) is 12.3 Å². The number of fused-ring (bicyclic) bond motifs is 1. The maximum Gasteiger partial charge on any atom is 0.179 e. The Morgan fingerprint density at radius 1 is 1.11 bits per heavy atom. The van der Waals surface area contributed by atoms with Gasteiger partial charge in [0.25, 0.3) is 0 Å². The number of carbonyl (C=O) groups excluding carboxylic acids is 1. The monoisotopic (exact) mass is 313 g/mol. The van der Waals surface area contributed by atoms with Crippen molar-refractivity contribution in [3.05, 3.63) is 52.8 Å². The molecule has 0 radical (unpaired) electrons. The van der Waals surface area contributed by atoms with Gasteiger partial charge in [0.1, 0.15) is 11.4 Å². The number of halogens is 1. The van der Waals surface area contributed by atoms with Crippen molar-refractivity contribution in [2.24, 2.45) is 0 Å². The minimum Gasteiger partial charge on any atom is -0.296 e. The summed E-state index contributed by atoms with van der Waals surface area (Å²) in [4.78, 5) is 23.6. The van der Waals surface area contributed by atoms with Gasteiger partial charge in [0, 0.05) is 16.1 Å². The van der Waals surface area contributed by atoms with Crippen LogP contribution in [-0.4, -0.2) is 21.2 Å². The Hall–Kier alpha value is -2.14. The van der Waals surface area contributed by atoms with Crippen molar-refractivity contribution in [3.63, 3.8) is 0 Å². The van der Waals surface area contributed by atoms with Crippen molar-refractivity contribution in [2.45, 2.75) is 0 Å². The van der Waals surface area contributed by atoms with E-state index in [1.807, 2.05) is 30.3 Å². The van der Waals surface area contributed by atoms with Crippen LogP contribution in [0.25, 0.3) is 22.4 Å². The molecule has 0 saturated heterocycles. The molecule has 0 aliphatic rings. The fourth-order valence-electron chi connectivity index (χ4n) is 1.80. The molecule has 0 amide bonds. The van der Waals surface area contributed by atoms with Gasteiger partial charge in [0.05, 0.1) is 5.52 Å². The topological polar surface area (TPSA) is 55.7 Å². The minimum atomic E-state index is 0.340. The Morgan fingerprint density at radius 3 is 2.79 bits per heavy atom. The van der Waals surface area contributed by atoms with Crippen LogP contribution in [0.2, 0.25) is 0 Å². The second-order valence-corrected chi connectivity index (χ2v) is 4.79. The maximum atomic E-state index is 10.8. The van der Waals surface area contributed by atoms with Gasteiger partial charge in [-0.15, -0.1) is 0 Å². The van der Waals surface area contributed by atoms with Gasteiger partial charge >= 0.3 is 0 Å². The second kappa shape index (κ2) is 4.85. The Kier molecular flexibility index (Phi) is 3.05. The van der Waals surface area contributed by atoms with E-state index in [2.05, 4.69) is 30.9 Å². The van der Waals surface area contributed by atoms with Gasteiger partial charge in [-0.1, -0.05) is 18.2 Å². The zero-order valence-electron chi connectivity index (χ0n) is 9.75. The molecule has 0 aliphatic carbocycles. The van der Waals surface area contributed by atoms with Crippen LogP contribution < -0.4 is 0 Å². The molecule has 4 nitrogen and oxygen atoms in total. The van der Waals surface area contributed by atoms with Gasteiger partial charge in [-0.25, -0.2) is 15.0 Å². The van der Waals surface area contributed by atoms with Crippen molar-refractivity contribution in [1.29, 1.82) is 0 Å². The summed E-state index contributed by atoms with van der Waals surface area (Å²) >= 11 is 3.47. The minimum absolute atomic E-state index is 0.340. The Bertz CT molecular complexity index is 773. The molecule has 5 heteroatoms. The molecule has 0 N–H and O–H groups in total. The number of aldehydes is 1. The normalized spacial score (nSPS) is 10.6. The van der Waals surface area contributed by atoms with Crippen molar-refractivity contribution < 1.29 is 4.79 Å². The lowest BCUT2D eigenvalue weighted by Gasteiger charge is -2.05. The maximum absolute atomic E-state index is 10.8. The molecule has 0 bridgehead atoms. The molecule has 0 fully saturated rings. The highest BCUT2D eigenvalue weighted by Gasteiger charge is 2.10. The highest BCUT2D eigenvalue weighted by molar-refractivity contribution is 9.10. The zero-order valence-corrected chi connectivity index (χ0v) is 11.3. The molecule has 0 aliphatic heterocycles. The van der Waals surface area contributed by atoms with Gasteiger partial charge < -0.3 is 0 Å². The largest absolute Gasteiger partial charge is 0.296 e. The Balaban J connectivity index is 2.23. The molecule has 0 atom stereocenters. The number of pyridine rings is 1. The molecule has 0 unspecified atom stereocenters. The van der Waals surface area contributed by atoms with E-state index >= 15 is 0 Å². The molecule has 92 valence electrons. The number of carbonyl (C=O) groups is 1. The van der Waals surface area contributed by atoms with Crippen molar-refractivity contribution in [3.8, 4) is 11.5 Å². The first-order chi connectivity index (χ1) is 9.28. The third-order valence-electron chi connectivity index (χ3n) is 2.69. The number of rotatable bonds is 2. The van der Waals surface area contributed by atoms with E-state index < -0.39 is 0 Å². The summed E-state index contributed by atoms with van der Waals surface area (Å²) in [7, 11) is 0. The SMILES string of the molecule is O=Cc1ccnc(-c2nc3ccccc3cc2Br)n1. The second-order valence-electron chi connectivity index (χ2n) is 3.93. The first-order valence-electron chi connectivity index (χ1n) is 5.62. The van der Waals surface area contributed by atoms with Crippen LogP contribution in [0.1, 0.15) is 10.5 Å². The average molecular weight is 314 g/mol. The van der Waals surface area contributed by atoms with Gasteiger partial charge in [-0.2, -0.15) is 0 Å². The molecule has 1 aromatic carbocycles. The van der Waals surface area contributed by atoms with Crippen molar-refractivity contribution in [1.82, 2.24) is 15.0 Å². The number of benzene rings is 1. The van der Waals surface area contributed by atoms with Crippen LogP contribution >= 0.6 is 15.9 Å². The molecule has 0 saturated carbocycles. The molecule has 19 heavy (non-hydrogen) atoms. The van der Waals surface area contributed by atoms with Crippen molar-refractivity contribution in [2.75, 3.05) is 0 Å². The van der Waals surface area contributed by atoms with Crippen LogP contribution in [0.5, 0.6) is 0 Å². The fraction of sp³-hybridized carbons (Fsp3) is 0. The predicted molar refractivity (Wildman–Crippen MR) is 75.9 cm³/mol. The van der Waals surface area contributed by atoms with E-state index in [4.69, 9.17) is 0 Å². The lowest BCUT2D eigenvalue weighted by Crippen LogP contribution is -1.96. The number of hydrogen-bond donors (Lipinski definition) is 0. The van der Waals surface area contributed by atoms with E-state index in [9.17, 15) is 4.79 Å². The molecule has 2 aromatic heterocycles. The quantitative estimate of drug-likeness (QED) is 0.681. The number of aromatic nitrogens is 3. The summed E-state index contributed by atoms with van der Waals surface area (Å²) in [5, 5.41) is 1.03. The summed E-state index contributed by atoms with van der Waals surface area (Å²) in [6.45, 7) is 0. The molecule has 2 heterocycles. The third-order valence-corrected chi connectivity index (χ3v) is 3.29. The molecular formula is C14H8BrN3O. The highest BCUT2D eigenvalue weighted by Crippen LogP contribution is 2.27. The molecule has 3 rings (SSSR count). The summed E-state index contributed by atoms with van der Waals surface area (Å²) in [5.74, 6) is 0.433. The van der Waals surface area contributed by atoms with Gasteiger partial charge in [0.2, 0.25) is 0 Å². The van der Waals surface area contributed by atoms with E-state index in [1.165, 1.54) is 0 Å². The standard InChI is InChI=1S/C14H8BrN3O/c15-11-7-9-3-1-2-4-12(9)18-13(11)14-16-6-5-10(8-19)17-14/h1-8H. The Labute approximate surface area is 117 Å². The summed E-state index contributed by atoms with van der Waals surface area (Å²) in [5.41, 5.74) is 1.83. The van der Waals surface area contributed by atoms with E-state index in [0.717, 1.165) is 15.4 Å². The first kappa shape index (κ1) is 11.9. The number of para-hydroxylation sites is 1. The van der Waals surface area contributed by atoms with E-state index in [0.29, 0.717) is 23.5 Å². The van der Waals surface area contributed by atoms with E-state index in [-0.39, 0.29) is 0 Å². The van der Waals surface area contributed by atoms with Crippen LogP contribution in [0, 0.1) is 0 Å². The lowest BCUT2D eigenvalue weighted by molar-refractivity contribution is 0.111. The molecular weight excluding hydrogens is 306 g/mol. The van der Waals surface area contributed by atoms with Gasteiger partial charge in [-0.05, 0) is 34.1 Å². The number of nitrogens with zero attached hydrogens (tertiary/aromatic N) is 3. The Morgan fingerprint density at radius 2 is 1.95 bits per heavy atom. The van der Waals surface area contributed by atoms with Crippen LogP contribution in [0.4, 0.5) is 0 Å². The van der Waals surface area contributed by atoms with Gasteiger partial charge in [0.15, 0.2) is 12.1 Å². The first-order valence-corrected chi connectivity index (χ1v) is 6.41. The molecule has 0 spiro atoms. The lowest BCUT2D eigenvalue weighted by atomic mass is 10.2. The van der Waals surface area contributed by atoms with Gasteiger partial charge in [-0.3, -0.25) is 4.79 Å². The highest BCUT2D eigenvalue weighted by atomic mass is 79.9. The predicted octanol–water partition coefficient (Wildman–Crippen LogP) is 3.27. The summed E-state index contributed by atoms with van der Waals surface area (Å²) < 4.78 is 0.800. The third kappa shape index (κ3) is 2.24. The van der Waals surface area contributed by atoms with Crippen molar-refractivity contribution >= 4 is 33.1 Å². The number of hydrogen-bond acceptors (Lipinski definition) is 4.